The first-order valence-corrected chi connectivity index (χ1v) is 10.2. The van der Waals surface area contributed by atoms with Crippen molar-refractivity contribution >= 4 is 11.4 Å². The highest BCUT2D eigenvalue weighted by molar-refractivity contribution is 5.63. The molecule has 0 radical (unpaired) electrons. The minimum Gasteiger partial charge on any atom is -0.398 e. The molecule has 3 rings (SSSR count). The maximum absolute atomic E-state index is 6.36. The van der Waals surface area contributed by atoms with E-state index in [1.165, 1.54) is 27.8 Å². The van der Waals surface area contributed by atoms with Gasteiger partial charge in [-0.1, -0.05) is 68.4 Å². The van der Waals surface area contributed by atoms with Crippen LogP contribution in [0, 0.1) is 13.8 Å². The average molecular weight is 373 g/mol. The number of anilines is 2. The van der Waals surface area contributed by atoms with Gasteiger partial charge in [0.15, 0.2) is 0 Å². The van der Waals surface area contributed by atoms with Crippen LogP contribution in [0.25, 0.3) is 0 Å². The van der Waals surface area contributed by atoms with Crippen molar-refractivity contribution in [2.24, 2.45) is 0 Å². The van der Waals surface area contributed by atoms with Crippen LogP contribution < -0.4 is 11.5 Å². The Balaban J connectivity index is 2.36. The SMILES string of the molecule is CCc1cc(C(C)(c2ccccc2)c2cc(C)c(N)c(CC)c2)cc(C)c1N. The Labute approximate surface area is 169 Å². The van der Waals surface area contributed by atoms with E-state index >= 15 is 0 Å². The Kier molecular flexibility index (Phi) is 5.51. The lowest BCUT2D eigenvalue weighted by atomic mass is 9.69. The van der Waals surface area contributed by atoms with E-state index < -0.39 is 0 Å². The van der Waals surface area contributed by atoms with Crippen molar-refractivity contribution in [3.8, 4) is 0 Å². The van der Waals surface area contributed by atoms with E-state index in [0.717, 1.165) is 35.3 Å². The van der Waals surface area contributed by atoms with Crippen molar-refractivity contribution in [3.63, 3.8) is 0 Å². The Morgan fingerprint density at radius 1 is 0.679 bits per heavy atom. The van der Waals surface area contributed by atoms with Crippen molar-refractivity contribution in [2.45, 2.75) is 52.9 Å². The molecular weight excluding hydrogens is 340 g/mol. The maximum Gasteiger partial charge on any atom is 0.0423 e. The van der Waals surface area contributed by atoms with Crippen LogP contribution >= 0.6 is 0 Å². The van der Waals surface area contributed by atoms with Crippen LogP contribution in [0.2, 0.25) is 0 Å². The Morgan fingerprint density at radius 3 is 1.50 bits per heavy atom. The van der Waals surface area contributed by atoms with Gasteiger partial charge in [-0.05, 0) is 72.6 Å². The van der Waals surface area contributed by atoms with Crippen LogP contribution in [0.3, 0.4) is 0 Å². The fourth-order valence-electron chi connectivity index (χ4n) is 4.18. The zero-order valence-electron chi connectivity index (χ0n) is 17.8. The highest BCUT2D eigenvalue weighted by Crippen LogP contribution is 2.42. The molecule has 0 saturated carbocycles. The molecule has 2 nitrogen and oxygen atoms in total. The van der Waals surface area contributed by atoms with Gasteiger partial charge in [-0.15, -0.1) is 0 Å². The zero-order valence-corrected chi connectivity index (χ0v) is 17.8. The number of rotatable bonds is 5. The maximum atomic E-state index is 6.36. The Hall–Kier alpha value is -2.74. The molecule has 4 N–H and O–H groups in total. The Morgan fingerprint density at radius 2 is 1.11 bits per heavy atom. The van der Waals surface area contributed by atoms with Crippen LogP contribution in [-0.2, 0) is 18.3 Å². The molecule has 0 saturated heterocycles. The third kappa shape index (κ3) is 3.28. The van der Waals surface area contributed by atoms with E-state index in [1.807, 2.05) is 0 Å². The molecule has 2 heteroatoms. The lowest BCUT2D eigenvalue weighted by Crippen LogP contribution is -2.26. The minimum atomic E-state index is -0.286. The smallest absolute Gasteiger partial charge is 0.0423 e. The van der Waals surface area contributed by atoms with Gasteiger partial charge in [0.25, 0.3) is 0 Å². The highest BCUT2D eigenvalue weighted by atomic mass is 14.6. The topological polar surface area (TPSA) is 52.0 Å². The molecule has 3 aromatic rings. The summed E-state index contributed by atoms with van der Waals surface area (Å²) < 4.78 is 0. The molecule has 0 aromatic heterocycles. The fourth-order valence-corrected chi connectivity index (χ4v) is 4.18. The third-order valence-electron chi connectivity index (χ3n) is 6.21. The monoisotopic (exact) mass is 372 g/mol. The summed E-state index contributed by atoms with van der Waals surface area (Å²) in [5.74, 6) is 0. The largest absolute Gasteiger partial charge is 0.398 e. The van der Waals surface area contributed by atoms with Gasteiger partial charge in [0.05, 0.1) is 0 Å². The highest BCUT2D eigenvalue weighted by Gasteiger charge is 2.32. The van der Waals surface area contributed by atoms with Crippen LogP contribution in [-0.4, -0.2) is 0 Å². The van der Waals surface area contributed by atoms with Crippen LogP contribution in [0.15, 0.2) is 54.6 Å². The fraction of sp³-hybridized carbons (Fsp3) is 0.308. The molecule has 0 fully saturated rings. The number of aryl methyl sites for hydroxylation is 4. The number of benzene rings is 3. The van der Waals surface area contributed by atoms with Gasteiger partial charge in [-0.3, -0.25) is 0 Å². The molecule has 3 aromatic carbocycles. The molecule has 0 atom stereocenters. The summed E-state index contributed by atoms with van der Waals surface area (Å²) in [4.78, 5) is 0. The summed E-state index contributed by atoms with van der Waals surface area (Å²) in [6, 6.07) is 19.8. The number of hydrogen-bond donors (Lipinski definition) is 2. The molecular formula is C26H32N2. The molecule has 0 amide bonds. The molecule has 0 heterocycles. The normalized spacial score (nSPS) is 11.6. The van der Waals surface area contributed by atoms with E-state index in [-0.39, 0.29) is 5.41 Å². The van der Waals surface area contributed by atoms with Crippen molar-refractivity contribution in [2.75, 3.05) is 11.5 Å². The van der Waals surface area contributed by atoms with Gasteiger partial charge in [-0.2, -0.15) is 0 Å². The number of hydrogen-bond acceptors (Lipinski definition) is 2. The van der Waals surface area contributed by atoms with Crippen molar-refractivity contribution in [1.29, 1.82) is 0 Å². The second-order valence-corrected chi connectivity index (χ2v) is 7.93. The summed E-state index contributed by atoms with van der Waals surface area (Å²) in [6.45, 7) is 10.9. The summed E-state index contributed by atoms with van der Waals surface area (Å²) in [5.41, 5.74) is 22.7. The van der Waals surface area contributed by atoms with E-state index in [0.29, 0.717) is 0 Å². The lowest BCUT2D eigenvalue weighted by Gasteiger charge is -2.34. The zero-order chi connectivity index (χ0) is 20.5. The van der Waals surface area contributed by atoms with Gasteiger partial charge in [0, 0.05) is 16.8 Å². The molecule has 0 aliphatic heterocycles. The summed E-state index contributed by atoms with van der Waals surface area (Å²) in [5, 5.41) is 0. The van der Waals surface area contributed by atoms with E-state index in [9.17, 15) is 0 Å². The first-order chi connectivity index (χ1) is 13.3. The standard InChI is InChI=1S/C26H32N2/c1-6-19-15-22(13-17(3)24(19)27)26(5,21-11-9-8-10-12-21)23-14-18(4)25(28)20(7-2)16-23/h8-16H,6-7,27-28H2,1-5H3. The second kappa shape index (κ2) is 7.71. The molecule has 0 aliphatic carbocycles. The summed E-state index contributed by atoms with van der Waals surface area (Å²) in [6.07, 6.45) is 1.85. The van der Waals surface area contributed by atoms with E-state index in [2.05, 4.69) is 89.2 Å². The minimum absolute atomic E-state index is 0.286. The third-order valence-corrected chi connectivity index (χ3v) is 6.21. The van der Waals surface area contributed by atoms with Gasteiger partial charge in [0.1, 0.15) is 0 Å². The van der Waals surface area contributed by atoms with E-state index in [4.69, 9.17) is 11.5 Å². The molecule has 0 spiro atoms. The average Bonchev–Trinajstić information content (AvgIpc) is 2.71. The first-order valence-electron chi connectivity index (χ1n) is 10.2. The van der Waals surface area contributed by atoms with Crippen molar-refractivity contribution in [3.05, 3.63) is 93.5 Å². The van der Waals surface area contributed by atoms with Crippen LogP contribution in [0.5, 0.6) is 0 Å². The molecule has 146 valence electrons. The van der Waals surface area contributed by atoms with Crippen molar-refractivity contribution in [1.82, 2.24) is 0 Å². The van der Waals surface area contributed by atoms with Crippen LogP contribution in [0.4, 0.5) is 11.4 Å². The molecule has 28 heavy (non-hydrogen) atoms. The predicted molar refractivity (Wildman–Crippen MR) is 122 cm³/mol. The Bertz CT molecular complexity index is 928. The lowest BCUT2D eigenvalue weighted by molar-refractivity contribution is 0.688. The quantitative estimate of drug-likeness (QED) is 0.430. The van der Waals surface area contributed by atoms with Gasteiger partial charge < -0.3 is 11.5 Å². The molecule has 0 bridgehead atoms. The first kappa shape index (κ1) is 20.0. The second-order valence-electron chi connectivity index (χ2n) is 7.93. The number of nitrogens with two attached hydrogens (primary N) is 2. The van der Waals surface area contributed by atoms with E-state index in [1.54, 1.807) is 0 Å². The summed E-state index contributed by atoms with van der Waals surface area (Å²) >= 11 is 0. The number of nitrogen functional groups attached to an aromatic ring is 2. The van der Waals surface area contributed by atoms with Gasteiger partial charge in [0.2, 0.25) is 0 Å². The molecule has 0 unspecified atom stereocenters. The molecule has 0 aliphatic rings. The van der Waals surface area contributed by atoms with Gasteiger partial charge in [-0.25, -0.2) is 0 Å². The van der Waals surface area contributed by atoms with Gasteiger partial charge >= 0.3 is 0 Å². The predicted octanol–water partition coefficient (Wildman–Crippen LogP) is 5.95. The summed E-state index contributed by atoms with van der Waals surface area (Å²) in [7, 11) is 0. The van der Waals surface area contributed by atoms with Crippen molar-refractivity contribution < 1.29 is 0 Å². The van der Waals surface area contributed by atoms with Crippen LogP contribution in [0.1, 0.15) is 59.7 Å².